The molecular weight excluding hydrogens is 264 g/mol. The molecule has 2 N–H and O–H groups in total. The van der Waals surface area contributed by atoms with Crippen LogP contribution in [0.5, 0.6) is 0 Å². The highest BCUT2D eigenvalue weighted by Gasteiger charge is 2.19. The van der Waals surface area contributed by atoms with E-state index in [9.17, 15) is 8.78 Å². The number of halogens is 2. The fraction of sp³-hybridized carbons (Fsp3) is 0.333. The minimum Gasteiger partial charge on any atom is -0.320 e. The van der Waals surface area contributed by atoms with Crippen molar-refractivity contribution >= 4 is 11.3 Å². The first kappa shape index (κ1) is 14.2. The molecule has 1 atom stereocenters. The van der Waals surface area contributed by atoms with Crippen LogP contribution in [0.3, 0.4) is 0 Å². The summed E-state index contributed by atoms with van der Waals surface area (Å²) in [6, 6.07) is 7.38. The van der Waals surface area contributed by atoms with Crippen molar-refractivity contribution in [2.24, 2.45) is 5.73 Å². The van der Waals surface area contributed by atoms with Crippen molar-refractivity contribution in [3.63, 3.8) is 0 Å². The molecule has 1 nitrogen and oxygen atoms in total. The van der Waals surface area contributed by atoms with E-state index in [4.69, 9.17) is 5.73 Å². The molecule has 0 saturated heterocycles. The van der Waals surface area contributed by atoms with E-state index >= 15 is 0 Å². The highest BCUT2D eigenvalue weighted by Crippen LogP contribution is 2.33. The lowest BCUT2D eigenvalue weighted by Gasteiger charge is -2.16. The lowest BCUT2D eigenvalue weighted by molar-refractivity contribution is 0.506. The van der Waals surface area contributed by atoms with Gasteiger partial charge in [-0.05, 0) is 35.2 Å². The molecule has 0 aliphatic rings. The normalized spacial score (nSPS) is 13.6. The van der Waals surface area contributed by atoms with E-state index in [2.05, 4.69) is 20.8 Å². The van der Waals surface area contributed by atoms with Crippen LogP contribution < -0.4 is 5.73 Å². The van der Waals surface area contributed by atoms with Crippen molar-refractivity contribution in [1.82, 2.24) is 0 Å². The van der Waals surface area contributed by atoms with Crippen LogP contribution in [-0.2, 0) is 5.41 Å². The molecule has 0 aliphatic carbocycles. The lowest BCUT2D eigenvalue weighted by atomic mass is 9.95. The van der Waals surface area contributed by atoms with Gasteiger partial charge in [0.1, 0.15) is 0 Å². The van der Waals surface area contributed by atoms with Crippen LogP contribution in [0.15, 0.2) is 30.3 Å². The molecule has 0 aliphatic heterocycles. The van der Waals surface area contributed by atoms with Crippen molar-refractivity contribution in [3.05, 3.63) is 57.3 Å². The van der Waals surface area contributed by atoms with Crippen LogP contribution in [-0.4, -0.2) is 0 Å². The Bertz CT molecular complexity index is 584. The van der Waals surface area contributed by atoms with E-state index in [1.807, 2.05) is 12.1 Å². The Balaban J connectivity index is 2.31. The Kier molecular flexibility index (Phi) is 3.74. The summed E-state index contributed by atoms with van der Waals surface area (Å²) in [5, 5.41) is 0. The van der Waals surface area contributed by atoms with E-state index in [-0.39, 0.29) is 5.41 Å². The summed E-state index contributed by atoms with van der Waals surface area (Å²) in [6.45, 7) is 6.39. The van der Waals surface area contributed by atoms with Gasteiger partial charge >= 0.3 is 0 Å². The maximum Gasteiger partial charge on any atom is 0.159 e. The Hall–Kier alpha value is -1.26. The highest BCUT2D eigenvalue weighted by atomic mass is 32.1. The van der Waals surface area contributed by atoms with Crippen molar-refractivity contribution in [3.8, 4) is 0 Å². The van der Waals surface area contributed by atoms with Gasteiger partial charge in [-0.2, -0.15) is 0 Å². The van der Waals surface area contributed by atoms with Gasteiger partial charge in [0.15, 0.2) is 11.6 Å². The number of benzene rings is 1. The Morgan fingerprint density at radius 3 is 2.26 bits per heavy atom. The summed E-state index contributed by atoms with van der Waals surface area (Å²) >= 11 is 1.61. The zero-order chi connectivity index (χ0) is 14.2. The average Bonchev–Trinajstić information content (AvgIpc) is 2.81. The van der Waals surface area contributed by atoms with E-state index in [0.29, 0.717) is 5.56 Å². The van der Waals surface area contributed by atoms with Crippen molar-refractivity contribution in [2.45, 2.75) is 32.2 Å². The molecule has 0 fully saturated rings. The molecule has 0 radical (unpaired) electrons. The van der Waals surface area contributed by atoms with Gasteiger partial charge in [0.05, 0.1) is 6.04 Å². The minimum absolute atomic E-state index is 0.0662. The number of hydrogen-bond donors (Lipinski definition) is 1. The monoisotopic (exact) mass is 281 g/mol. The maximum atomic E-state index is 13.2. The lowest BCUT2D eigenvalue weighted by Crippen LogP contribution is -2.11. The van der Waals surface area contributed by atoms with Crippen LogP contribution in [0.1, 0.15) is 42.1 Å². The zero-order valence-corrected chi connectivity index (χ0v) is 12.0. The summed E-state index contributed by atoms with van der Waals surface area (Å²) < 4.78 is 26.1. The molecular formula is C15H17F2NS. The third-order valence-corrected chi connectivity index (χ3v) is 4.57. The molecule has 0 spiro atoms. The molecule has 1 unspecified atom stereocenters. The minimum atomic E-state index is -0.861. The van der Waals surface area contributed by atoms with Gasteiger partial charge in [-0.15, -0.1) is 11.3 Å². The fourth-order valence-corrected chi connectivity index (χ4v) is 2.89. The van der Waals surface area contributed by atoms with Crippen LogP contribution in [0.2, 0.25) is 0 Å². The van der Waals surface area contributed by atoms with Crippen LogP contribution in [0, 0.1) is 11.6 Å². The molecule has 1 aromatic heterocycles. The first-order valence-electron chi connectivity index (χ1n) is 6.10. The van der Waals surface area contributed by atoms with Crippen molar-refractivity contribution < 1.29 is 8.78 Å². The number of hydrogen-bond acceptors (Lipinski definition) is 2. The molecule has 0 bridgehead atoms. The molecule has 0 amide bonds. The smallest absolute Gasteiger partial charge is 0.159 e. The van der Waals surface area contributed by atoms with Gasteiger partial charge < -0.3 is 5.73 Å². The Morgan fingerprint density at radius 2 is 1.74 bits per heavy atom. The van der Waals surface area contributed by atoms with Gasteiger partial charge in [-0.3, -0.25) is 0 Å². The van der Waals surface area contributed by atoms with Gasteiger partial charge in [-0.25, -0.2) is 8.78 Å². The third-order valence-electron chi connectivity index (χ3n) is 2.98. The van der Waals surface area contributed by atoms with Crippen LogP contribution in [0.25, 0.3) is 0 Å². The standard InChI is InChI=1S/C15H17F2NS/c1-15(2,3)13-7-6-12(19-13)14(18)9-4-5-10(16)11(17)8-9/h4-8,14H,18H2,1-3H3. The first-order chi connectivity index (χ1) is 8.79. The zero-order valence-electron chi connectivity index (χ0n) is 11.2. The van der Waals surface area contributed by atoms with Crippen LogP contribution >= 0.6 is 11.3 Å². The first-order valence-corrected chi connectivity index (χ1v) is 6.91. The van der Waals surface area contributed by atoms with E-state index in [1.54, 1.807) is 11.3 Å². The van der Waals surface area contributed by atoms with E-state index in [1.165, 1.54) is 10.9 Å². The Morgan fingerprint density at radius 1 is 1.05 bits per heavy atom. The summed E-state index contributed by atoms with van der Waals surface area (Å²) in [6.07, 6.45) is 0. The van der Waals surface area contributed by atoms with Gasteiger partial charge in [0, 0.05) is 9.75 Å². The largest absolute Gasteiger partial charge is 0.320 e. The predicted molar refractivity (Wildman–Crippen MR) is 75.4 cm³/mol. The summed E-state index contributed by atoms with van der Waals surface area (Å²) in [7, 11) is 0. The maximum absolute atomic E-state index is 13.2. The molecule has 0 saturated carbocycles. The molecule has 19 heavy (non-hydrogen) atoms. The second kappa shape index (κ2) is 5.02. The van der Waals surface area contributed by atoms with Gasteiger partial charge in [-0.1, -0.05) is 26.8 Å². The summed E-state index contributed by atoms with van der Waals surface area (Å²) in [5.41, 5.74) is 6.76. The second-order valence-corrected chi connectivity index (χ2v) is 6.72. The van der Waals surface area contributed by atoms with E-state index < -0.39 is 17.7 Å². The summed E-state index contributed by atoms with van der Waals surface area (Å²) in [4.78, 5) is 2.18. The van der Waals surface area contributed by atoms with E-state index in [0.717, 1.165) is 17.0 Å². The van der Waals surface area contributed by atoms with Gasteiger partial charge in [0.25, 0.3) is 0 Å². The molecule has 2 rings (SSSR count). The van der Waals surface area contributed by atoms with Crippen LogP contribution in [0.4, 0.5) is 8.78 Å². The second-order valence-electron chi connectivity index (χ2n) is 5.60. The number of rotatable bonds is 2. The molecule has 1 aromatic carbocycles. The SMILES string of the molecule is CC(C)(C)c1ccc(C(N)c2ccc(F)c(F)c2)s1. The summed E-state index contributed by atoms with van der Waals surface area (Å²) in [5.74, 6) is -1.71. The molecule has 4 heteroatoms. The number of nitrogens with two attached hydrogens (primary N) is 1. The van der Waals surface area contributed by atoms with Gasteiger partial charge in [0.2, 0.25) is 0 Å². The number of thiophene rings is 1. The molecule has 102 valence electrons. The fourth-order valence-electron chi connectivity index (χ4n) is 1.79. The quantitative estimate of drug-likeness (QED) is 0.869. The Labute approximate surface area is 116 Å². The topological polar surface area (TPSA) is 26.0 Å². The molecule has 2 aromatic rings. The highest BCUT2D eigenvalue weighted by molar-refractivity contribution is 7.12. The van der Waals surface area contributed by atoms with Crippen molar-refractivity contribution in [1.29, 1.82) is 0 Å². The average molecular weight is 281 g/mol. The predicted octanol–water partition coefficient (Wildman–Crippen LogP) is 4.37. The van der Waals surface area contributed by atoms with Crippen molar-refractivity contribution in [2.75, 3.05) is 0 Å². The molecule has 1 heterocycles. The third kappa shape index (κ3) is 3.01.